The van der Waals surface area contributed by atoms with E-state index in [1.54, 1.807) is 48.5 Å². The van der Waals surface area contributed by atoms with Gasteiger partial charge in [-0.2, -0.15) is 0 Å². The fraction of sp³-hybridized carbons (Fsp3) is 0.208. The molecule has 9 heteroatoms. The van der Waals surface area contributed by atoms with E-state index in [1.807, 2.05) is 13.8 Å². The third-order valence-electron chi connectivity index (χ3n) is 5.01. The number of carbonyl (C=O) groups excluding carboxylic acids is 1. The molecule has 33 heavy (non-hydrogen) atoms. The smallest absolute Gasteiger partial charge is 0.264 e. The second kappa shape index (κ2) is 10.1. The van der Waals surface area contributed by atoms with Gasteiger partial charge in [-0.3, -0.25) is 9.10 Å². The Kier molecular flexibility index (Phi) is 7.50. The molecule has 3 rings (SSSR count). The highest BCUT2D eigenvalue weighted by atomic mass is 35.5. The summed E-state index contributed by atoms with van der Waals surface area (Å²) in [4.78, 5) is 13.0. The molecule has 0 aliphatic carbocycles. The topological polar surface area (TPSA) is 84.9 Å². The number of carbonyl (C=O) groups is 1. The average Bonchev–Trinajstić information content (AvgIpc) is 2.79. The Hall–Kier alpha value is -3.23. The predicted molar refractivity (Wildman–Crippen MR) is 130 cm³/mol. The summed E-state index contributed by atoms with van der Waals surface area (Å²) >= 11 is 6.15. The standard InChI is InChI=1S/C24H25ClN2O5S/c1-16-5-10-20(11-6-16)33(29,30)27(22-12-9-19(31-3)14-23(22)32-4)15-24(28)26-18-8-7-17(2)21(25)13-18/h5-14H,15H2,1-4H3,(H,26,28). The molecule has 0 bridgehead atoms. The number of hydrogen-bond acceptors (Lipinski definition) is 5. The van der Waals surface area contributed by atoms with E-state index >= 15 is 0 Å². The van der Waals surface area contributed by atoms with E-state index in [-0.39, 0.29) is 16.3 Å². The van der Waals surface area contributed by atoms with Crippen LogP contribution in [0, 0.1) is 13.8 Å². The first kappa shape index (κ1) is 24.4. The molecular weight excluding hydrogens is 464 g/mol. The number of nitrogens with one attached hydrogen (secondary N) is 1. The molecule has 0 aliphatic rings. The molecule has 0 saturated heterocycles. The van der Waals surface area contributed by atoms with Crippen molar-refractivity contribution in [3.63, 3.8) is 0 Å². The predicted octanol–water partition coefficient (Wildman–Crippen LogP) is 4.81. The molecule has 0 heterocycles. The molecule has 174 valence electrons. The lowest BCUT2D eigenvalue weighted by Crippen LogP contribution is -2.38. The second-order valence-corrected chi connectivity index (χ2v) is 9.64. The van der Waals surface area contributed by atoms with Crippen LogP contribution < -0.4 is 19.1 Å². The van der Waals surface area contributed by atoms with Gasteiger partial charge in [0.15, 0.2) is 0 Å². The molecule has 1 amide bonds. The Morgan fingerprint density at radius 3 is 2.27 bits per heavy atom. The van der Waals surface area contributed by atoms with E-state index in [4.69, 9.17) is 21.1 Å². The van der Waals surface area contributed by atoms with Crippen LogP contribution in [0.4, 0.5) is 11.4 Å². The van der Waals surface area contributed by atoms with Gasteiger partial charge in [0.25, 0.3) is 10.0 Å². The Labute approximate surface area is 198 Å². The van der Waals surface area contributed by atoms with Gasteiger partial charge in [0.1, 0.15) is 18.0 Å². The monoisotopic (exact) mass is 488 g/mol. The Morgan fingerprint density at radius 2 is 1.67 bits per heavy atom. The van der Waals surface area contributed by atoms with E-state index in [2.05, 4.69) is 5.32 Å². The van der Waals surface area contributed by atoms with Gasteiger partial charge in [0, 0.05) is 16.8 Å². The SMILES string of the molecule is COc1ccc(N(CC(=O)Nc2ccc(C)c(Cl)c2)S(=O)(=O)c2ccc(C)cc2)c(OC)c1. The zero-order chi connectivity index (χ0) is 24.2. The molecule has 0 fully saturated rings. The molecule has 1 N–H and O–H groups in total. The molecule has 0 spiro atoms. The number of ether oxygens (including phenoxy) is 2. The Bertz CT molecular complexity index is 1260. The summed E-state index contributed by atoms with van der Waals surface area (Å²) in [5.74, 6) is 0.196. The van der Waals surface area contributed by atoms with Gasteiger partial charge >= 0.3 is 0 Å². The largest absolute Gasteiger partial charge is 0.497 e. The van der Waals surface area contributed by atoms with Crippen LogP contribution in [0.5, 0.6) is 11.5 Å². The fourth-order valence-corrected chi connectivity index (χ4v) is 4.74. The number of sulfonamides is 1. The van der Waals surface area contributed by atoms with Crippen LogP contribution in [0.25, 0.3) is 0 Å². The zero-order valence-corrected chi connectivity index (χ0v) is 20.3. The highest BCUT2D eigenvalue weighted by Crippen LogP contribution is 2.35. The zero-order valence-electron chi connectivity index (χ0n) is 18.8. The van der Waals surface area contributed by atoms with E-state index in [0.717, 1.165) is 15.4 Å². The first-order valence-corrected chi connectivity index (χ1v) is 11.8. The van der Waals surface area contributed by atoms with Crippen molar-refractivity contribution in [1.82, 2.24) is 0 Å². The van der Waals surface area contributed by atoms with Gasteiger partial charge in [-0.15, -0.1) is 0 Å². The van der Waals surface area contributed by atoms with Crippen molar-refractivity contribution in [2.24, 2.45) is 0 Å². The lowest BCUT2D eigenvalue weighted by Gasteiger charge is -2.26. The highest BCUT2D eigenvalue weighted by molar-refractivity contribution is 7.92. The number of amides is 1. The molecule has 0 atom stereocenters. The van der Waals surface area contributed by atoms with Crippen molar-refractivity contribution in [2.45, 2.75) is 18.7 Å². The number of methoxy groups -OCH3 is 2. The van der Waals surface area contributed by atoms with Gasteiger partial charge in [0.05, 0.1) is 24.8 Å². The quantitative estimate of drug-likeness (QED) is 0.492. The molecule has 0 unspecified atom stereocenters. The number of hydrogen-bond donors (Lipinski definition) is 1. The average molecular weight is 489 g/mol. The summed E-state index contributed by atoms with van der Waals surface area (Å²) in [5, 5.41) is 3.20. The number of aryl methyl sites for hydroxylation is 2. The van der Waals surface area contributed by atoms with E-state index in [0.29, 0.717) is 16.5 Å². The van der Waals surface area contributed by atoms with Gasteiger partial charge in [-0.1, -0.05) is 35.4 Å². The second-order valence-electron chi connectivity index (χ2n) is 7.37. The molecular formula is C24H25ClN2O5S. The number of anilines is 2. The maximum atomic E-state index is 13.6. The summed E-state index contributed by atoms with van der Waals surface area (Å²) in [7, 11) is -1.18. The maximum absolute atomic E-state index is 13.6. The number of benzene rings is 3. The van der Waals surface area contributed by atoms with Crippen molar-refractivity contribution in [1.29, 1.82) is 0 Å². The van der Waals surface area contributed by atoms with Crippen molar-refractivity contribution < 1.29 is 22.7 Å². The molecule has 0 aromatic heterocycles. The number of nitrogens with zero attached hydrogens (tertiary/aromatic N) is 1. The lowest BCUT2D eigenvalue weighted by molar-refractivity contribution is -0.114. The van der Waals surface area contributed by atoms with Crippen LogP contribution in [0.2, 0.25) is 5.02 Å². The fourth-order valence-electron chi connectivity index (χ4n) is 3.13. The number of rotatable bonds is 8. The molecule has 0 radical (unpaired) electrons. The summed E-state index contributed by atoms with van der Waals surface area (Å²) in [5.41, 5.74) is 2.44. The highest BCUT2D eigenvalue weighted by Gasteiger charge is 2.29. The van der Waals surface area contributed by atoms with Gasteiger partial charge in [-0.25, -0.2) is 8.42 Å². The van der Waals surface area contributed by atoms with Crippen LogP contribution in [-0.4, -0.2) is 35.1 Å². The van der Waals surface area contributed by atoms with Crippen molar-refractivity contribution in [3.8, 4) is 11.5 Å². The van der Waals surface area contributed by atoms with E-state index < -0.39 is 22.5 Å². The first-order chi connectivity index (χ1) is 15.6. The minimum absolute atomic E-state index is 0.0529. The van der Waals surface area contributed by atoms with Crippen LogP contribution >= 0.6 is 11.6 Å². The minimum Gasteiger partial charge on any atom is -0.497 e. The summed E-state index contributed by atoms with van der Waals surface area (Å²) in [6.07, 6.45) is 0. The van der Waals surface area contributed by atoms with Crippen LogP contribution in [0.1, 0.15) is 11.1 Å². The van der Waals surface area contributed by atoms with Crippen LogP contribution in [-0.2, 0) is 14.8 Å². The summed E-state index contributed by atoms with van der Waals surface area (Å²) in [6, 6.07) is 16.2. The number of halogens is 1. The summed E-state index contributed by atoms with van der Waals surface area (Å²) < 4.78 is 38.8. The molecule has 0 aliphatic heterocycles. The maximum Gasteiger partial charge on any atom is 0.264 e. The van der Waals surface area contributed by atoms with Crippen LogP contribution in [0.15, 0.2) is 65.6 Å². The van der Waals surface area contributed by atoms with Gasteiger partial charge < -0.3 is 14.8 Å². The molecule has 0 saturated carbocycles. The summed E-state index contributed by atoms with van der Waals surface area (Å²) in [6.45, 7) is 3.23. The van der Waals surface area contributed by atoms with Crippen molar-refractivity contribution in [2.75, 3.05) is 30.4 Å². The van der Waals surface area contributed by atoms with Crippen molar-refractivity contribution in [3.05, 3.63) is 76.8 Å². The Balaban J connectivity index is 2.02. The van der Waals surface area contributed by atoms with Gasteiger partial charge in [0.2, 0.25) is 5.91 Å². The van der Waals surface area contributed by atoms with E-state index in [1.165, 1.54) is 26.4 Å². The minimum atomic E-state index is -4.10. The van der Waals surface area contributed by atoms with Crippen LogP contribution in [0.3, 0.4) is 0 Å². The molecule has 7 nitrogen and oxygen atoms in total. The molecule has 3 aromatic rings. The third kappa shape index (κ3) is 5.58. The third-order valence-corrected chi connectivity index (χ3v) is 7.19. The normalized spacial score (nSPS) is 11.1. The van der Waals surface area contributed by atoms with Crippen molar-refractivity contribution >= 4 is 38.9 Å². The lowest BCUT2D eigenvalue weighted by atomic mass is 10.2. The first-order valence-electron chi connectivity index (χ1n) is 10.0. The Morgan fingerprint density at radius 1 is 0.970 bits per heavy atom. The van der Waals surface area contributed by atoms with Gasteiger partial charge in [-0.05, 0) is 55.8 Å². The molecule has 3 aromatic carbocycles. The van der Waals surface area contributed by atoms with E-state index in [9.17, 15) is 13.2 Å².